The van der Waals surface area contributed by atoms with Crippen LogP contribution in [0.25, 0.3) is 0 Å². The zero-order chi connectivity index (χ0) is 14.5. The van der Waals surface area contributed by atoms with E-state index in [4.69, 9.17) is 23.2 Å². The van der Waals surface area contributed by atoms with Crippen LogP contribution in [0.4, 0.5) is 0 Å². The molecule has 0 aliphatic carbocycles. The van der Waals surface area contributed by atoms with Crippen molar-refractivity contribution >= 4 is 23.2 Å². The van der Waals surface area contributed by atoms with Gasteiger partial charge < -0.3 is 5.32 Å². The molecule has 0 fully saturated rings. The highest BCUT2D eigenvalue weighted by molar-refractivity contribution is 6.33. The third-order valence-corrected chi connectivity index (χ3v) is 3.81. The van der Waals surface area contributed by atoms with Crippen molar-refractivity contribution in [2.45, 2.75) is 26.3 Å². The van der Waals surface area contributed by atoms with Gasteiger partial charge in [-0.05, 0) is 61.3 Å². The van der Waals surface area contributed by atoms with Crippen LogP contribution in [0.5, 0.6) is 0 Å². The van der Waals surface area contributed by atoms with Gasteiger partial charge >= 0.3 is 0 Å². The molecule has 4 heteroatoms. The fourth-order valence-electron chi connectivity index (χ4n) is 2.26. The lowest BCUT2D eigenvalue weighted by Gasteiger charge is -2.19. The van der Waals surface area contributed by atoms with Crippen molar-refractivity contribution in [3.8, 4) is 0 Å². The van der Waals surface area contributed by atoms with Crippen LogP contribution < -0.4 is 5.32 Å². The minimum Gasteiger partial charge on any atom is -0.310 e. The molecule has 0 spiro atoms. The second-order valence-electron chi connectivity index (χ2n) is 4.78. The molecule has 2 rings (SSSR count). The number of likely N-dealkylation sites (N-methyl/N-ethyl adjacent to an activating group) is 1. The summed E-state index contributed by atoms with van der Waals surface area (Å²) < 4.78 is 0. The van der Waals surface area contributed by atoms with E-state index < -0.39 is 0 Å². The van der Waals surface area contributed by atoms with Gasteiger partial charge in [-0.3, -0.25) is 4.98 Å². The first-order valence-corrected chi connectivity index (χ1v) is 7.45. The summed E-state index contributed by atoms with van der Waals surface area (Å²) in [5.74, 6) is 0. The van der Waals surface area contributed by atoms with Crippen LogP contribution in [-0.2, 0) is 6.42 Å². The Balaban J connectivity index is 2.27. The van der Waals surface area contributed by atoms with E-state index >= 15 is 0 Å². The fraction of sp³-hybridized carbons (Fsp3) is 0.312. The van der Waals surface area contributed by atoms with Crippen LogP contribution in [0, 0.1) is 6.92 Å². The van der Waals surface area contributed by atoms with Gasteiger partial charge in [-0.1, -0.05) is 30.1 Å². The van der Waals surface area contributed by atoms with Crippen LogP contribution >= 0.6 is 23.2 Å². The van der Waals surface area contributed by atoms with Gasteiger partial charge in [-0.2, -0.15) is 0 Å². The van der Waals surface area contributed by atoms with Gasteiger partial charge in [-0.25, -0.2) is 0 Å². The first-order chi connectivity index (χ1) is 9.60. The Morgan fingerprint density at radius 3 is 2.70 bits per heavy atom. The van der Waals surface area contributed by atoms with Crippen LogP contribution in [-0.4, -0.2) is 11.5 Å². The maximum absolute atomic E-state index is 6.26. The number of halogens is 2. The smallest absolute Gasteiger partial charge is 0.0439 e. The fourth-order valence-corrected chi connectivity index (χ4v) is 2.65. The number of benzene rings is 1. The Labute approximate surface area is 130 Å². The second kappa shape index (κ2) is 7.07. The lowest BCUT2D eigenvalue weighted by atomic mass is 9.99. The Morgan fingerprint density at radius 1 is 1.20 bits per heavy atom. The van der Waals surface area contributed by atoms with E-state index in [2.05, 4.69) is 23.3 Å². The summed E-state index contributed by atoms with van der Waals surface area (Å²) in [6.45, 7) is 4.99. The Kier molecular flexibility index (Phi) is 5.41. The Bertz CT molecular complexity index is 584. The number of aromatic nitrogens is 1. The molecule has 1 unspecified atom stereocenters. The van der Waals surface area contributed by atoms with Crippen molar-refractivity contribution in [3.63, 3.8) is 0 Å². The van der Waals surface area contributed by atoms with Gasteiger partial charge in [0.2, 0.25) is 0 Å². The number of hydrogen-bond acceptors (Lipinski definition) is 2. The average Bonchev–Trinajstić information content (AvgIpc) is 2.42. The van der Waals surface area contributed by atoms with E-state index in [1.165, 1.54) is 5.56 Å². The molecule has 0 saturated heterocycles. The molecule has 106 valence electrons. The summed E-state index contributed by atoms with van der Waals surface area (Å²) in [5.41, 5.74) is 3.29. The molecule has 1 heterocycles. The summed E-state index contributed by atoms with van der Waals surface area (Å²) in [6.07, 6.45) is 2.64. The molecule has 0 amide bonds. The monoisotopic (exact) mass is 308 g/mol. The molecule has 0 aliphatic heterocycles. The van der Waals surface area contributed by atoms with Gasteiger partial charge in [0, 0.05) is 28.0 Å². The summed E-state index contributed by atoms with van der Waals surface area (Å²) in [4.78, 5) is 4.25. The van der Waals surface area contributed by atoms with E-state index in [1.54, 1.807) is 0 Å². The molecule has 1 aromatic heterocycles. The van der Waals surface area contributed by atoms with Crippen LogP contribution in [0.15, 0.2) is 36.5 Å². The summed E-state index contributed by atoms with van der Waals surface area (Å²) >= 11 is 12.3. The molecule has 2 aromatic rings. The molecule has 0 saturated carbocycles. The van der Waals surface area contributed by atoms with Crippen molar-refractivity contribution in [3.05, 3.63) is 63.4 Å². The molecule has 0 aliphatic rings. The van der Waals surface area contributed by atoms with Crippen LogP contribution in [0.2, 0.25) is 10.0 Å². The van der Waals surface area contributed by atoms with Gasteiger partial charge in [0.15, 0.2) is 0 Å². The minimum atomic E-state index is 0.206. The molecule has 1 atom stereocenters. The van der Waals surface area contributed by atoms with Gasteiger partial charge in [0.1, 0.15) is 0 Å². The first-order valence-electron chi connectivity index (χ1n) is 6.70. The number of nitrogens with zero attached hydrogens (tertiary/aromatic N) is 1. The topological polar surface area (TPSA) is 24.9 Å². The lowest BCUT2D eigenvalue weighted by Crippen LogP contribution is -2.23. The summed E-state index contributed by atoms with van der Waals surface area (Å²) in [7, 11) is 0. The Morgan fingerprint density at radius 2 is 2.00 bits per heavy atom. The number of aryl methyl sites for hydroxylation is 1. The highest BCUT2D eigenvalue weighted by atomic mass is 35.5. The van der Waals surface area contributed by atoms with E-state index in [0.717, 1.165) is 29.2 Å². The van der Waals surface area contributed by atoms with Crippen molar-refractivity contribution in [1.29, 1.82) is 0 Å². The normalized spacial score (nSPS) is 12.4. The first kappa shape index (κ1) is 15.3. The molecule has 1 N–H and O–H groups in total. The number of hydrogen-bond donors (Lipinski definition) is 1. The lowest BCUT2D eigenvalue weighted by molar-refractivity contribution is 0.549. The number of pyridine rings is 1. The highest BCUT2D eigenvalue weighted by Crippen LogP contribution is 2.26. The van der Waals surface area contributed by atoms with E-state index in [0.29, 0.717) is 5.02 Å². The number of rotatable bonds is 5. The molecule has 0 radical (unpaired) electrons. The SMILES string of the molecule is CCNC(Cc1cc(Cl)ccc1Cl)c1ccnc(C)c1. The minimum absolute atomic E-state index is 0.206. The predicted molar refractivity (Wildman–Crippen MR) is 85.6 cm³/mol. The van der Waals surface area contributed by atoms with Crippen molar-refractivity contribution < 1.29 is 0 Å². The van der Waals surface area contributed by atoms with Crippen molar-refractivity contribution in [1.82, 2.24) is 10.3 Å². The second-order valence-corrected chi connectivity index (χ2v) is 5.62. The Hall–Kier alpha value is -1.09. The standard InChI is InChI=1S/C16H18Cl2N2/c1-3-19-16(12-6-7-20-11(2)8-12)10-13-9-14(17)4-5-15(13)18/h4-9,16,19H,3,10H2,1-2H3. The van der Waals surface area contributed by atoms with Crippen molar-refractivity contribution in [2.75, 3.05) is 6.54 Å². The molecular formula is C16H18Cl2N2. The third-order valence-electron chi connectivity index (χ3n) is 3.21. The highest BCUT2D eigenvalue weighted by Gasteiger charge is 2.13. The maximum atomic E-state index is 6.26. The van der Waals surface area contributed by atoms with E-state index in [1.807, 2.05) is 37.4 Å². The van der Waals surface area contributed by atoms with E-state index in [-0.39, 0.29) is 6.04 Å². The average molecular weight is 309 g/mol. The van der Waals surface area contributed by atoms with Gasteiger partial charge in [-0.15, -0.1) is 0 Å². The summed E-state index contributed by atoms with van der Waals surface area (Å²) in [5, 5.41) is 4.96. The molecule has 0 bridgehead atoms. The molecule has 20 heavy (non-hydrogen) atoms. The largest absolute Gasteiger partial charge is 0.310 e. The zero-order valence-electron chi connectivity index (χ0n) is 11.7. The van der Waals surface area contributed by atoms with Crippen molar-refractivity contribution in [2.24, 2.45) is 0 Å². The predicted octanol–water partition coefficient (Wildman–Crippen LogP) is 4.59. The third kappa shape index (κ3) is 3.95. The van der Waals surface area contributed by atoms with Gasteiger partial charge in [0.05, 0.1) is 0 Å². The van der Waals surface area contributed by atoms with E-state index in [9.17, 15) is 0 Å². The molecule has 1 aromatic carbocycles. The summed E-state index contributed by atoms with van der Waals surface area (Å²) in [6, 6.07) is 9.94. The van der Waals surface area contributed by atoms with Gasteiger partial charge in [0.25, 0.3) is 0 Å². The zero-order valence-corrected chi connectivity index (χ0v) is 13.2. The van der Waals surface area contributed by atoms with Crippen LogP contribution in [0.3, 0.4) is 0 Å². The quantitative estimate of drug-likeness (QED) is 0.874. The molecular weight excluding hydrogens is 291 g/mol. The maximum Gasteiger partial charge on any atom is 0.0439 e. The molecule has 2 nitrogen and oxygen atoms in total. The van der Waals surface area contributed by atoms with Crippen LogP contribution in [0.1, 0.15) is 29.8 Å². The number of nitrogens with one attached hydrogen (secondary N) is 1.